The van der Waals surface area contributed by atoms with E-state index in [0.29, 0.717) is 27.6 Å². The van der Waals surface area contributed by atoms with Crippen molar-refractivity contribution in [3.05, 3.63) is 64.4 Å². The second-order valence-corrected chi connectivity index (χ2v) is 6.20. The number of carbonyl (C=O) groups excluding carboxylic acids is 2. The molecule has 1 N–H and O–H groups in total. The SMILES string of the molecule is COC(=O)c1ccc(NC(=O)CSCc2c(F)cccc2Cl)cc1. The van der Waals surface area contributed by atoms with Crippen LogP contribution >= 0.6 is 23.4 Å². The summed E-state index contributed by atoms with van der Waals surface area (Å²) in [7, 11) is 1.30. The summed E-state index contributed by atoms with van der Waals surface area (Å²) >= 11 is 7.20. The normalized spacial score (nSPS) is 10.3. The molecule has 0 atom stereocenters. The average molecular weight is 368 g/mol. The van der Waals surface area contributed by atoms with Crippen LogP contribution in [0.25, 0.3) is 0 Å². The number of nitrogens with one attached hydrogen (secondary N) is 1. The van der Waals surface area contributed by atoms with Gasteiger partial charge in [-0.05, 0) is 36.4 Å². The van der Waals surface area contributed by atoms with Crippen molar-refractivity contribution in [2.24, 2.45) is 0 Å². The first-order valence-electron chi connectivity index (χ1n) is 7.00. The molecule has 0 heterocycles. The van der Waals surface area contributed by atoms with Crippen molar-refractivity contribution in [3.8, 4) is 0 Å². The molecule has 1 amide bonds. The maximum Gasteiger partial charge on any atom is 0.337 e. The third-order valence-corrected chi connectivity index (χ3v) is 4.44. The molecule has 0 fully saturated rings. The zero-order valence-corrected chi connectivity index (χ0v) is 14.4. The summed E-state index contributed by atoms with van der Waals surface area (Å²) in [6, 6.07) is 10.8. The third kappa shape index (κ3) is 4.97. The topological polar surface area (TPSA) is 55.4 Å². The fourth-order valence-corrected chi connectivity index (χ4v) is 3.09. The van der Waals surface area contributed by atoms with E-state index in [2.05, 4.69) is 10.1 Å². The number of amides is 1. The van der Waals surface area contributed by atoms with Gasteiger partial charge in [-0.2, -0.15) is 0 Å². The second kappa shape index (κ2) is 8.70. The number of hydrogen-bond donors (Lipinski definition) is 1. The van der Waals surface area contributed by atoms with E-state index < -0.39 is 5.97 Å². The number of hydrogen-bond acceptors (Lipinski definition) is 4. The Morgan fingerprint density at radius 1 is 1.21 bits per heavy atom. The zero-order chi connectivity index (χ0) is 17.5. The minimum atomic E-state index is -0.440. The lowest BCUT2D eigenvalue weighted by Crippen LogP contribution is -2.14. The van der Waals surface area contributed by atoms with Gasteiger partial charge in [-0.1, -0.05) is 17.7 Å². The summed E-state index contributed by atoms with van der Waals surface area (Å²) in [6.07, 6.45) is 0. The Labute approximate surface area is 148 Å². The standard InChI is InChI=1S/C17H15ClFNO3S/c1-23-17(22)11-5-7-12(8-6-11)20-16(21)10-24-9-13-14(18)3-2-4-15(13)19/h2-8H,9-10H2,1H3,(H,20,21). The first-order valence-corrected chi connectivity index (χ1v) is 8.53. The molecule has 2 aromatic carbocycles. The molecule has 0 spiro atoms. The summed E-state index contributed by atoms with van der Waals surface area (Å²) in [5, 5.41) is 3.05. The Hall–Kier alpha value is -2.05. The number of anilines is 1. The van der Waals surface area contributed by atoms with E-state index in [1.54, 1.807) is 30.3 Å². The van der Waals surface area contributed by atoms with Crippen molar-refractivity contribution in [1.29, 1.82) is 0 Å². The monoisotopic (exact) mass is 367 g/mol. The molecule has 0 aliphatic carbocycles. The maximum absolute atomic E-state index is 13.6. The molecule has 0 aliphatic heterocycles. The number of esters is 1. The number of ether oxygens (including phenoxy) is 1. The Balaban J connectivity index is 1.84. The lowest BCUT2D eigenvalue weighted by atomic mass is 10.2. The molecule has 2 aromatic rings. The maximum atomic E-state index is 13.6. The summed E-state index contributed by atoms with van der Waals surface area (Å²) < 4.78 is 18.2. The van der Waals surface area contributed by atoms with E-state index >= 15 is 0 Å². The largest absolute Gasteiger partial charge is 0.465 e. The van der Waals surface area contributed by atoms with Crippen LogP contribution in [-0.4, -0.2) is 24.7 Å². The molecule has 0 radical (unpaired) electrons. The number of thioether (sulfide) groups is 1. The molecule has 0 aromatic heterocycles. The average Bonchev–Trinajstić information content (AvgIpc) is 2.57. The van der Waals surface area contributed by atoms with E-state index in [4.69, 9.17) is 11.6 Å². The first-order chi connectivity index (χ1) is 11.5. The van der Waals surface area contributed by atoms with Gasteiger partial charge in [0, 0.05) is 22.0 Å². The molecule has 126 valence electrons. The first kappa shape index (κ1) is 18.3. The van der Waals surface area contributed by atoms with E-state index in [-0.39, 0.29) is 17.5 Å². The van der Waals surface area contributed by atoms with Gasteiger partial charge in [0.15, 0.2) is 0 Å². The summed E-state index contributed by atoms with van der Waals surface area (Å²) in [6.45, 7) is 0. The van der Waals surface area contributed by atoms with Crippen molar-refractivity contribution < 1.29 is 18.7 Å². The molecule has 0 bridgehead atoms. The van der Waals surface area contributed by atoms with Crippen molar-refractivity contribution >= 4 is 40.9 Å². The van der Waals surface area contributed by atoms with Gasteiger partial charge in [-0.3, -0.25) is 4.79 Å². The van der Waals surface area contributed by atoms with Crippen molar-refractivity contribution in [2.45, 2.75) is 5.75 Å². The number of methoxy groups -OCH3 is 1. The molecule has 0 aliphatic rings. The second-order valence-electron chi connectivity index (χ2n) is 4.81. The smallest absolute Gasteiger partial charge is 0.337 e. The lowest BCUT2D eigenvalue weighted by Gasteiger charge is -2.07. The predicted octanol–water partition coefficient (Wildman–Crippen LogP) is 4.14. The minimum Gasteiger partial charge on any atom is -0.465 e. The van der Waals surface area contributed by atoms with Crippen molar-refractivity contribution in [2.75, 3.05) is 18.2 Å². The van der Waals surface area contributed by atoms with E-state index in [9.17, 15) is 14.0 Å². The Kier molecular flexibility index (Phi) is 6.63. The van der Waals surface area contributed by atoms with Crippen molar-refractivity contribution in [1.82, 2.24) is 0 Å². The molecule has 0 unspecified atom stereocenters. The van der Waals surface area contributed by atoms with Gasteiger partial charge in [-0.15, -0.1) is 11.8 Å². The summed E-state index contributed by atoms with van der Waals surface area (Å²) in [4.78, 5) is 23.2. The van der Waals surface area contributed by atoms with E-state index in [0.717, 1.165) is 0 Å². The minimum absolute atomic E-state index is 0.156. The summed E-state index contributed by atoms with van der Waals surface area (Å²) in [5.41, 5.74) is 1.36. The number of rotatable bonds is 6. The van der Waals surface area contributed by atoms with Gasteiger partial charge in [-0.25, -0.2) is 9.18 Å². The predicted molar refractivity (Wildman–Crippen MR) is 94.0 cm³/mol. The molecular formula is C17H15ClFNO3S. The van der Waals surface area contributed by atoms with Crippen LogP contribution in [0.2, 0.25) is 5.02 Å². The quantitative estimate of drug-likeness (QED) is 0.780. The van der Waals surface area contributed by atoms with Gasteiger partial charge >= 0.3 is 5.97 Å². The van der Waals surface area contributed by atoms with Crippen LogP contribution in [0.4, 0.5) is 10.1 Å². The Morgan fingerprint density at radius 3 is 2.54 bits per heavy atom. The molecule has 2 rings (SSSR count). The van der Waals surface area contributed by atoms with Crippen LogP contribution in [0.1, 0.15) is 15.9 Å². The van der Waals surface area contributed by atoms with Crippen LogP contribution in [0.15, 0.2) is 42.5 Å². The highest BCUT2D eigenvalue weighted by Crippen LogP contribution is 2.24. The highest BCUT2D eigenvalue weighted by Gasteiger charge is 2.09. The van der Waals surface area contributed by atoms with Crippen LogP contribution in [-0.2, 0) is 15.3 Å². The van der Waals surface area contributed by atoms with Gasteiger partial charge in [0.25, 0.3) is 0 Å². The van der Waals surface area contributed by atoms with Crippen LogP contribution in [0.3, 0.4) is 0 Å². The fraction of sp³-hybridized carbons (Fsp3) is 0.176. The molecule has 0 saturated carbocycles. The number of carbonyl (C=O) groups is 2. The molecule has 0 saturated heterocycles. The van der Waals surface area contributed by atoms with Gasteiger partial charge < -0.3 is 10.1 Å². The highest BCUT2D eigenvalue weighted by molar-refractivity contribution is 7.99. The molecular weight excluding hydrogens is 353 g/mol. The molecule has 24 heavy (non-hydrogen) atoms. The van der Waals surface area contributed by atoms with Gasteiger partial charge in [0.1, 0.15) is 5.82 Å². The number of halogens is 2. The van der Waals surface area contributed by atoms with Gasteiger partial charge in [0.05, 0.1) is 18.4 Å². The van der Waals surface area contributed by atoms with Crippen molar-refractivity contribution in [3.63, 3.8) is 0 Å². The fourth-order valence-electron chi connectivity index (χ4n) is 1.92. The van der Waals surface area contributed by atoms with E-state index in [1.165, 1.54) is 31.0 Å². The van der Waals surface area contributed by atoms with Crippen LogP contribution in [0, 0.1) is 5.82 Å². The Bertz CT molecular complexity index is 717. The Morgan fingerprint density at radius 2 is 1.92 bits per heavy atom. The van der Waals surface area contributed by atoms with Crippen LogP contribution < -0.4 is 5.32 Å². The molecule has 4 nitrogen and oxygen atoms in total. The molecule has 7 heteroatoms. The van der Waals surface area contributed by atoms with Crippen LogP contribution in [0.5, 0.6) is 0 Å². The van der Waals surface area contributed by atoms with Gasteiger partial charge in [0.2, 0.25) is 5.91 Å². The van der Waals surface area contributed by atoms with E-state index in [1.807, 2.05) is 0 Å². The summed E-state index contributed by atoms with van der Waals surface area (Å²) in [5.74, 6) is -0.582. The zero-order valence-electron chi connectivity index (χ0n) is 12.8. The third-order valence-electron chi connectivity index (χ3n) is 3.13. The number of benzene rings is 2. The lowest BCUT2D eigenvalue weighted by molar-refractivity contribution is -0.113. The highest BCUT2D eigenvalue weighted by atomic mass is 35.5.